The van der Waals surface area contributed by atoms with Gasteiger partial charge >= 0.3 is 0 Å². The van der Waals surface area contributed by atoms with Gasteiger partial charge in [0.15, 0.2) is 0 Å². The van der Waals surface area contributed by atoms with Crippen molar-refractivity contribution in [3.05, 3.63) is 28.8 Å². The van der Waals surface area contributed by atoms with Crippen LogP contribution in [0.4, 0.5) is 5.69 Å². The molecule has 0 aliphatic heterocycles. The average Bonchev–Trinajstić information content (AvgIpc) is 2.08. The Morgan fingerprint density at radius 2 is 1.79 bits per heavy atom. The van der Waals surface area contributed by atoms with Crippen LogP contribution in [-0.4, -0.2) is 14.1 Å². The van der Waals surface area contributed by atoms with Gasteiger partial charge in [-0.3, -0.25) is 0 Å². The van der Waals surface area contributed by atoms with Gasteiger partial charge in [0.25, 0.3) is 0 Å². The molecule has 0 aliphatic carbocycles. The summed E-state index contributed by atoms with van der Waals surface area (Å²) in [6, 6.07) is 4.45. The molecule has 0 saturated heterocycles. The van der Waals surface area contributed by atoms with E-state index in [1.807, 2.05) is 6.92 Å². The van der Waals surface area contributed by atoms with Gasteiger partial charge in [-0.2, -0.15) is 0 Å². The molecule has 2 N–H and O–H groups in total. The fourth-order valence-corrected chi connectivity index (χ4v) is 1.60. The second kappa shape index (κ2) is 4.01. The van der Waals surface area contributed by atoms with E-state index in [0.717, 1.165) is 0 Å². The Bertz CT molecular complexity index is 327. The Balaban J connectivity index is 3.28. The highest BCUT2D eigenvalue weighted by Crippen LogP contribution is 2.25. The molecule has 1 unspecified atom stereocenters. The predicted molar refractivity (Wildman–Crippen MR) is 62.8 cm³/mol. The van der Waals surface area contributed by atoms with Gasteiger partial charge in [0, 0.05) is 25.8 Å². The van der Waals surface area contributed by atoms with Crippen LogP contribution in [0.2, 0.25) is 0 Å². The van der Waals surface area contributed by atoms with Crippen LogP contribution in [0.3, 0.4) is 0 Å². The lowest BCUT2D eigenvalue weighted by Crippen LogP contribution is -2.13. The first-order valence-corrected chi connectivity index (χ1v) is 4.97. The van der Waals surface area contributed by atoms with E-state index in [9.17, 15) is 0 Å². The van der Waals surface area contributed by atoms with Crippen molar-refractivity contribution in [2.24, 2.45) is 5.73 Å². The molecule has 14 heavy (non-hydrogen) atoms. The highest BCUT2D eigenvalue weighted by Gasteiger charge is 2.08. The Kier molecular flexibility index (Phi) is 3.17. The topological polar surface area (TPSA) is 29.3 Å². The number of benzene rings is 1. The Morgan fingerprint density at radius 1 is 1.21 bits per heavy atom. The minimum absolute atomic E-state index is 0.105. The molecular formula is C12H20N2. The van der Waals surface area contributed by atoms with Crippen molar-refractivity contribution in [2.45, 2.75) is 26.8 Å². The van der Waals surface area contributed by atoms with Gasteiger partial charge in [-0.15, -0.1) is 0 Å². The summed E-state index contributed by atoms with van der Waals surface area (Å²) in [6.45, 7) is 6.30. The molecule has 0 aromatic heterocycles. The second-order valence-electron chi connectivity index (χ2n) is 4.17. The van der Waals surface area contributed by atoms with Crippen molar-refractivity contribution in [3.63, 3.8) is 0 Å². The lowest BCUT2D eigenvalue weighted by atomic mass is 10.00. The van der Waals surface area contributed by atoms with Crippen LogP contribution in [0.25, 0.3) is 0 Å². The molecule has 0 amide bonds. The Labute approximate surface area is 86.7 Å². The number of anilines is 1. The normalized spacial score (nSPS) is 12.7. The van der Waals surface area contributed by atoms with Crippen LogP contribution in [0.15, 0.2) is 12.1 Å². The van der Waals surface area contributed by atoms with Crippen molar-refractivity contribution < 1.29 is 0 Å². The first kappa shape index (κ1) is 11.1. The number of hydrogen-bond acceptors (Lipinski definition) is 2. The molecular weight excluding hydrogens is 172 g/mol. The molecule has 0 spiro atoms. The Hall–Kier alpha value is -1.02. The smallest absolute Gasteiger partial charge is 0.0396 e. The molecule has 1 rings (SSSR count). The van der Waals surface area contributed by atoms with E-state index < -0.39 is 0 Å². The van der Waals surface area contributed by atoms with E-state index >= 15 is 0 Å². The predicted octanol–water partition coefficient (Wildman–Crippen LogP) is 2.39. The summed E-state index contributed by atoms with van der Waals surface area (Å²) in [4.78, 5) is 2.13. The monoisotopic (exact) mass is 192 g/mol. The molecule has 0 aliphatic rings. The standard InChI is InChI=1S/C12H20N2/c1-8-6-11(10(3)13)7-12(9(8)2)14(4)5/h6-7,10H,13H2,1-5H3. The van der Waals surface area contributed by atoms with Crippen molar-refractivity contribution in [1.29, 1.82) is 0 Å². The number of nitrogens with two attached hydrogens (primary N) is 1. The fourth-order valence-electron chi connectivity index (χ4n) is 1.60. The van der Waals surface area contributed by atoms with Crippen LogP contribution < -0.4 is 10.6 Å². The van der Waals surface area contributed by atoms with Gasteiger partial charge in [-0.1, -0.05) is 6.07 Å². The van der Waals surface area contributed by atoms with Crippen LogP contribution in [0.5, 0.6) is 0 Å². The van der Waals surface area contributed by atoms with Crippen molar-refractivity contribution in [1.82, 2.24) is 0 Å². The third-order valence-corrected chi connectivity index (χ3v) is 2.67. The number of aryl methyl sites for hydroxylation is 1. The first-order chi connectivity index (χ1) is 6.43. The molecule has 0 bridgehead atoms. The zero-order chi connectivity index (χ0) is 10.9. The van der Waals surface area contributed by atoms with Gasteiger partial charge < -0.3 is 10.6 Å². The first-order valence-electron chi connectivity index (χ1n) is 4.97. The molecule has 2 nitrogen and oxygen atoms in total. The van der Waals surface area contributed by atoms with Crippen molar-refractivity contribution in [3.8, 4) is 0 Å². The van der Waals surface area contributed by atoms with Gasteiger partial charge in [0.05, 0.1) is 0 Å². The quantitative estimate of drug-likeness (QED) is 0.779. The number of hydrogen-bond donors (Lipinski definition) is 1. The number of nitrogens with zero attached hydrogens (tertiary/aromatic N) is 1. The minimum atomic E-state index is 0.105. The summed E-state index contributed by atoms with van der Waals surface area (Å²) >= 11 is 0. The lowest BCUT2D eigenvalue weighted by Gasteiger charge is -2.20. The summed E-state index contributed by atoms with van der Waals surface area (Å²) < 4.78 is 0. The molecule has 0 saturated carbocycles. The zero-order valence-corrected chi connectivity index (χ0v) is 9.76. The minimum Gasteiger partial charge on any atom is -0.377 e. The average molecular weight is 192 g/mol. The molecule has 2 heteroatoms. The molecule has 0 fully saturated rings. The van der Waals surface area contributed by atoms with E-state index in [-0.39, 0.29) is 6.04 Å². The molecule has 78 valence electrons. The molecule has 0 radical (unpaired) electrons. The van der Waals surface area contributed by atoms with Gasteiger partial charge in [0.2, 0.25) is 0 Å². The maximum atomic E-state index is 5.88. The number of rotatable bonds is 2. The van der Waals surface area contributed by atoms with E-state index in [1.54, 1.807) is 0 Å². The van der Waals surface area contributed by atoms with E-state index in [1.165, 1.54) is 22.4 Å². The molecule has 1 aromatic rings. The second-order valence-corrected chi connectivity index (χ2v) is 4.17. The highest BCUT2D eigenvalue weighted by atomic mass is 15.1. The molecule has 0 heterocycles. The summed E-state index contributed by atoms with van der Waals surface area (Å²) in [7, 11) is 4.12. The van der Waals surface area contributed by atoms with Crippen molar-refractivity contribution in [2.75, 3.05) is 19.0 Å². The van der Waals surface area contributed by atoms with Gasteiger partial charge in [0.1, 0.15) is 0 Å². The molecule has 1 aromatic carbocycles. The van der Waals surface area contributed by atoms with E-state index in [2.05, 4.69) is 45.0 Å². The van der Waals surface area contributed by atoms with Crippen LogP contribution in [0.1, 0.15) is 29.7 Å². The zero-order valence-electron chi connectivity index (χ0n) is 9.76. The maximum absolute atomic E-state index is 5.88. The SMILES string of the molecule is Cc1cc(C(C)N)cc(N(C)C)c1C. The Morgan fingerprint density at radius 3 is 2.21 bits per heavy atom. The van der Waals surface area contributed by atoms with E-state index in [4.69, 9.17) is 5.73 Å². The van der Waals surface area contributed by atoms with Gasteiger partial charge in [-0.05, 0) is 43.5 Å². The lowest BCUT2D eigenvalue weighted by molar-refractivity contribution is 0.815. The van der Waals surface area contributed by atoms with Crippen LogP contribution in [-0.2, 0) is 0 Å². The fraction of sp³-hybridized carbons (Fsp3) is 0.500. The largest absolute Gasteiger partial charge is 0.377 e. The maximum Gasteiger partial charge on any atom is 0.0396 e. The van der Waals surface area contributed by atoms with Crippen molar-refractivity contribution >= 4 is 5.69 Å². The van der Waals surface area contributed by atoms with Crippen LogP contribution >= 0.6 is 0 Å². The summed E-state index contributed by atoms with van der Waals surface area (Å²) in [6.07, 6.45) is 0. The van der Waals surface area contributed by atoms with Crippen LogP contribution in [0, 0.1) is 13.8 Å². The summed E-state index contributed by atoms with van der Waals surface area (Å²) in [5, 5.41) is 0. The highest BCUT2D eigenvalue weighted by molar-refractivity contribution is 5.57. The third-order valence-electron chi connectivity index (χ3n) is 2.67. The van der Waals surface area contributed by atoms with Gasteiger partial charge in [-0.25, -0.2) is 0 Å². The summed E-state index contributed by atoms with van der Waals surface area (Å²) in [5.74, 6) is 0. The third kappa shape index (κ3) is 2.07. The van der Waals surface area contributed by atoms with E-state index in [0.29, 0.717) is 0 Å². The summed E-state index contributed by atoms with van der Waals surface area (Å²) in [5.41, 5.74) is 11.0. The molecule has 1 atom stereocenters.